The van der Waals surface area contributed by atoms with E-state index in [1.54, 1.807) is 0 Å². The third-order valence-corrected chi connectivity index (χ3v) is 2.82. The smallest absolute Gasteiger partial charge is 0.133 e. The van der Waals surface area contributed by atoms with Gasteiger partial charge in [-0.2, -0.15) is 0 Å². The summed E-state index contributed by atoms with van der Waals surface area (Å²) >= 11 is 0. The van der Waals surface area contributed by atoms with Crippen LogP contribution < -0.4 is 5.32 Å². The van der Waals surface area contributed by atoms with Crippen LogP contribution >= 0.6 is 0 Å². The predicted molar refractivity (Wildman–Crippen MR) is 55.2 cm³/mol. The molecule has 1 aromatic heterocycles. The van der Waals surface area contributed by atoms with Crippen molar-refractivity contribution in [2.75, 3.05) is 13.1 Å². The highest BCUT2D eigenvalue weighted by Gasteiger charge is 2.17. The Kier molecular flexibility index (Phi) is 3.14. The third-order valence-electron chi connectivity index (χ3n) is 2.82. The molecule has 1 aliphatic rings. The van der Waals surface area contributed by atoms with Crippen LogP contribution in [0.15, 0.2) is 6.33 Å². The average Bonchev–Trinajstić information content (AvgIpc) is 2.68. The van der Waals surface area contributed by atoms with Gasteiger partial charge >= 0.3 is 0 Å². The van der Waals surface area contributed by atoms with Crippen molar-refractivity contribution < 1.29 is 0 Å². The van der Waals surface area contributed by atoms with Crippen LogP contribution in [0.3, 0.4) is 0 Å². The van der Waals surface area contributed by atoms with E-state index in [0.29, 0.717) is 6.04 Å². The molecule has 0 atom stereocenters. The lowest BCUT2D eigenvalue weighted by atomic mass is 10.1. The summed E-state index contributed by atoms with van der Waals surface area (Å²) in [6, 6.07) is 0.618. The van der Waals surface area contributed by atoms with Crippen molar-refractivity contribution in [2.45, 2.75) is 38.6 Å². The summed E-state index contributed by atoms with van der Waals surface area (Å²) in [5, 5.41) is 11.6. The van der Waals surface area contributed by atoms with Gasteiger partial charge in [0.15, 0.2) is 0 Å². The predicted octanol–water partition coefficient (Wildman–Crippen LogP) is 1.16. The molecule has 0 radical (unpaired) electrons. The van der Waals surface area contributed by atoms with E-state index in [0.717, 1.165) is 31.8 Å². The molecule has 0 spiro atoms. The second-order valence-corrected chi connectivity index (χ2v) is 3.89. The molecule has 0 saturated carbocycles. The molecule has 1 aromatic rings. The number of nitrogens with zero attached hydrogens (tertiary/aromatic N) is 3. The Balaban J connectivity index is 2.09. The highest BCUT2D eigenvalue weighted by molar-refractivity contribution is 4.91. The largest absolute Gasteiger partial charge is 0.317 e. The molecular weight excluding hydrogens is 176 g/mol. The minimum Gasteiger partial charge on any atom is -0.317 e. The summed E-state index contributed by atoms with van der Waals surface area (Å²) in [5.74, 6) is 1.15. The Labute approximate surface area is 84.7 Å². The standard InChI is InChI=1S/C10H18N4/c1-2-3-10-13-12-8-14(10)9-4-6-11-7-5-9/h8-9,11H,2-7H2,1H3. The molecule has 0 amide bonds. The normalized spacial score (nSPS) is 18.6. The minimum atomic E-state index is 0.618. The lowest BCUT2D eigenvalue weighted by Gasteiger charge is -2.24. The molecule has 2 heterocycles. The lowest BCUT2D eigenvalue weighted by Crippen LogP contribution is -2.29. The number of nitrogens with one attached hydrogen (secondary N) is 1. The fraction of sp³-hybridized carbons (Fsp3) is 0.800. The van der Waals surface area contributed by atoms with Crippen LogP contribution in [0.25, 0.3) is 0 Å². The zero-order valence-electron chi connectivity index (χ0n) is 8.74. The maximum atomic E-state index is 4.17. The first-order valence-corrected chi connectivity index (χ1v) is 5.51. The SMILES string of the molecule is CCCc1nncn1C1CCNCC1. The zero-order valence-corrected chi connectivity index (χ0v) is 8.74. The number of rotatable bonds is 3. The van der Waals surface area contributed by atoms with Gasteiger partial charge in [-0.3, -0.25) is 0 Å². The Bertz CT molecular complexity index is 275. The van der Waals surface area contributed by atoms with Gasteiger partial charge in [0.2, 0.25) is 0 Å². The number of hydrogen-bond acceptors (Lipinski definition) is 3. The van der Waals surface area contributed by atoms with Crippen LogP contribution in [0.2, 0.25) is 0 Å². The maximum absolute atomic E-state index is 4.17. The molecule has 0 aliphatic carbocycles. The van der Waals surface area contributed by atoms with Crippen molar-refractivity contribution in [1.29, 1.82) is 0 Å². The lowest BCUT2D eigenvalue weighted by molar-refractivity contribution is 0.359. The molecule has 78 valence electrons. The van der Waals surface area contributed by atoms with Gasteiger partial charge < -0.3 is 9.88 Å². The first kappa shape index (κ1) is 9.65. The first-order valence-electron chi connectivity index (χ1n) is 5.51. The van der Waals surface area contributed by atoms with Gasteiger partial charge in [-0.15, -0.1) is 10.2 Å². The number of hydrogen-bond donors (Lipinski definition) is 1. The van der Waals surface area contributed by atoms with Gasteiger partial charge in [0.05, 0.1) is 0 Å². The fourth-order valence-electron chi connectivity index (χ4n) is 2.06. The zero-order chi connectivity index (χ0) is 9.80. The molecule has 4 nitrogen and oxygen atoms in total. The molecule has 0 unspecified atom stereocenters. The molecule has 4 heteroatoms. The van der Waals surface area contributed by atoms with Crippen molar-refractivity contribution >= 4 is 0 Å². The van der Waals surface area contributed by atoms with Gasteiger partial charge in [-0.05, 0) is 32.4 Å². The molecular formula is C10H18N4. The molecule has 1 saturated heterocycles. The number of piperidine rings is 1. The van der Waals surface area contributed by atoms with Crippen LogP contribution in [0.1, 0.15) is 38.1 Å². The average molecular weight is 194 g/mol. The Morgan fingerprint density at radius 1 is 1.50 bits per heavy atom. The van der Waals surface area contributed by atoms with Crippen molar-refractivity contribution in [3.8, 4) is 0 Å². The first-order chi connectivity index (χ1) is 6.92. The monoisotopic (exact) mass is 194 g/mol. The van der Waals surface area contributed by atoms with Crippen molar-refractivity contribution in [1.82, 2.24) is 20.1 Å². The summed E-state index contributed by atoms with van der Waals surface area (Å²) in [7, 11) is 0. The minimum absolute atomic E-state index is 0.618. The van der Waals surface area contributed by atoms with Crippen LogP contribution in [0, 0.1) is 0 Å². The fourth-order valence-corrected chi connectivity index (χ4v) is 2.06. The number of aromatic nitrogens is 3. The molecule has 1 aliphatic heterocycles. The van der Waals surface area contributed by atoms with E-state index >= 15 is 0 Å². The summed E-state index contributed by atoms with van der Waals surface area (Å²) < 4.78 is 2.27. The van der Waals surface area contributed by atoms with E-state index in [-0.39, 0.29) is 0 Å². The Morgan fingerprint density at radius 3 is 3.00 bits per heavy atom. The van der Waals surface area contributed by atoms with Crippen molar-refractivity contribution in [3.05, 3.63) is 12.2 Å². The van der Waals surface area contributed by atoms with E-state index in [4.69, 9.17) is 0 Å². The number of aryl methyl sites for hydroxylation is 1. The quantitative estimate of drug-likeness (QED) is 0.785. The van der Waals surface area contributed by atoms with Gasteiger partial charge in [-0.25, -0.2) is 0 Å². The molecule has 14 heavy (non-hydrogen) atoms. The van der Waals surface area contributed by atoms with Crippen LogP contribution in [0.4, 0.5) is 0 Å². The van der Waals surface area contributed by atoms with Gasteiger partial charge in [-0.1, -0.05) is 6.92 Å². The second kappa shape index (κ2) is 4.55. The van der Waals surface area contributed by atoms with Crippen molar-refractivity contribution in [2.24, 2.45) is 0 Å². The molecule has 1 N–H and O–H groups in total. The summed E-state index contributed by atoms with van der Waals surface area (Å²) in [5.41, 5.74) is 0. The van der Waals surface area contributed by atoms with Crippen LogP contribution in [0.5, 0.6) is 0 Å². The third kappa shape index (κ3) is 1.95. The topological polar surface area (TPSA) is 42.7 Å². The second-order valence-electron chi connectivity index (χ2n) is 3.89. The Morgan fingerprint density at radius 2 is 2.29 bits per heavy atom. The van der Waals surface area contributed by atoms with Crippen molar-refractivity contribution in [3.63, 3.8) is 0 Å². The van der Waals surface area contributed by atoms with E-state index < -0.39 is 0 Å². The molecule has 0 bridgehead atoms. The Hall–Kier alpha value is -0.900. The molecule has 0 aromatic carbocycles. The summed E-state index contributed by atoms with van der Waals surface area (Å²) in [6.07, 6.45) is 6.48. The molecule has 2 rings (SSSR count). The van der Waals surface area contributed by atoms with E-state index in [9.17, 15) is 0 Å². The highest BCUT2D eigenvalue weighted by Crippen LogP contribution is 2.19. The summed E-state index contributed by atoms with van der Waals surface area (Å²) in [4.78, 5) is 0. The summed E-state index contributed by atoms with van der Waals surface area (Å²) in [6.45, 7) is 4.42. The van der Waals surface area contributed by atoms with Gasteiger partial charge in [0, 0.05) is 12.5 Å². The van der Waals surface area contributed by atoms with E-state index in [1.165, 1.54) is 12.8 Å². The molecule has 1 fully saturated rings. The van der Waals surface area contributed by atoms with Gasteiger partial charge in [0.25, 0.3) is 0 Å². The van der Waals surface area contributed by atoms with E-state index in [2.05, 4.69) is 27.0 Å². The van der Waals surface area contributed by atoms with Gasteiger partial charge in [0.1, 0.15) is 12.2 Å². The van der Waals surface area contributed by atoms with E-state index in [1.807, 2.05) is 6.33 Å². The highest BCUT2D eigenvalue weighted by atomic mass is 15.3. The van der Waals surface area contributed by atoms with Crippen LogP contribution in [-0.2, 0) is 6.42 Å². The van der Waals surface area contributed by atoms with Crippen LogP contribution in [-0.4, -0.2) is 27.9 Å². The maximum Gasteiger partial charge on any atom is 0.133 e.